The van der Waals surface area contributed by atoms with Crippen LogP contribution in [0.1, 0.15) is 12.5 Å². The molecule has 0 saturated heterocycles. The maximum Gasteiger partial charge on any atom is 0.161 e. The second-order valence-corrected chi connectivity index (χ2v) is 3.57. The van der Waals surface area contributed by atoms with Gasteiger partial charge < -0.3 is 14.8 Å². The van der Waals surface area contributed by atoms with Crippen molar-refractivity contribution < 1.29 is 9.47 Å². The molecule has 1 rings (SSSR count). The largest absolute Gasteiger partial charge is 0.493 e. The Labute approximate surface area is 103 Å². The van der Waals surface area contributed by atoms with Gasteiger partial charge >= 0.3 is 0 Å². The van der Waals surface area contributed by atoms with E-state index in [0.717, 1.165) is 24.5 Å². The smallest absolute Gasteiger partial charge is 0.161 e. The standard InChI is InChI=1S/C14H19NO2/c1-4-8-15-9-10-17-13-7-6-12(5-2)11-14(13)16-3/h1,6-7,11,15H,5,8-10H2,2-3H3. The van der Waals surface area contributed by atoms with Gasteiger partial charge in [0.15, 0.2) is 11.5 Å². The highest BCUT2D eigenvalue weighted by Crippen LogP contribution is 2.27. The SMILES string of the molecule is C#CCNCCOc1ccc(CC)cc1OC. The quantitative estimate of drug-likeness (QED) is 0.576. The molecule has 0 aliphatic heterocycles. The van der Waals surface area contributed by atoms with Gasteiger partial charge in [0.1, 0.15) is 6.61 Å². The molecule has 0 saturated carbocycles. The monoisotopic (exact) mass is 233 g/mol. The van der Waals surface area contributed by atoms with Gasteiger partial charge in [-0.3, -0.25) is 0 Å². The summed E-state index contributed by atoms with van der Waals surface area (Å²) in [5.74, 6) is 4.06. The molecule has 0 aliphatic rings. The number of aryl methyl sites for hydroxylation is 1. The first-order chi connectivity index (χ1) is 8.31. The van der Waals surface area contributed by atoms with E-state index in [1.807, 2.05) is 18.2 Å². The van der Waals surface area contributed by atoms with Gasteiger partial charge in [-0.2, -0.15) is 0 Å². The van der Waals surface area contributed by atoms with E-state index in [0.29, 0.717) is 13.2 Å². The number of benzene rings is 1. The maximum atomic E-state index is 5.62. The van der Waals surface area contributed by atoms with Crippen LogP contribution in [0.3, 0.4) is 0 Å². The van der Waals surface area contributed by atoms with Gasteiger partial charge in [-0.25, -0.2) is 0 Å². The molecular formula is C14H19NO2. The Kier molecular flexibility index (Phi) is 5.98. The van der Waals surface area contributed by atoms with Crippen molar-refractivity contribution in [3.05, 3.63) is 23.8 Å². The molecule has 0 atom stereocenters. The Morgan fingerprint density at radius 3 is 2.82 bits per heavy atom. The van der Waals surface area contributed by atoms with Gasteiger partial charge in [-0.1, -0.05) is 18.9 Å². The molecule has 1 aromatic rings. The number of hydrogen-bond donors (Lipinski definition) is 1. The molecule has 3 heteroatoms. The first-order valence-corrected chi connectivity index (χ1v) is 5.75. The van der Waals surface area contributed by atoms with E-state index < -0.39 is 0 Å². The minimum atomic E-state index is 0.565. The van der Waals surface area contributed by atoms with E-state index in [4.69, 9.17) is 15.9 Å². The average molecular weight is 233 g/mol. The third-order valence-electron chi connectivity index (χ3n) is 2.40. The molecule has 3 nitrogen and oxygen atoms in total. The minimum absolute atomic E-state index is 0.565. The van der Waals surface area contributed by atoms with Crippen molar-refractivity contribution in [2.45, 2.75) is 13.3 Å². The van der Waals surface area contributed by atoms with Crippen molar-refractivity contribution in [3.63, 3.8) is 0 Å². The molecule has 0 aromatic heterocycles. The Hall–Kier alpha value is -1.66. The molecule has 1 aromatic carbocycles. The third kappa shape index (κ3) is 4.38. The van der Waals surface area contributed by atoms with Crippen molar-refractivity contribution in [2.24, 2.45) is 0 Å². The van der Waals surface area contributed by atoms with Crippen LogP contribution in [-0.4, -0.2) is 26.8 Å². The fourth-order valence-electron chi connectivity index (χ4n) is 1.44. The Balaban J connectivity index is 2.50. The van der Waals surface area contributed by atoms with Crippen LogP contribution >= 0.6 is 0 Å². The number of methoxy groups -OCH3 is 1. The summed E-state index contributed by atoms with van der Waals surface area (Å²) in [6, 6.07) is 6.00. The van der Waals surface area contributed by atoms with Crippen molar-refractivity contribution in [3.8, 4) is 23.8 Å². The van der Waals surface area contributed by atoms with E-state index in [1.54, 1.807) is 7.11 Å². The summed E-state index contributed by atoms with van der Waals surface area (Å²) < 4.78 is 10.9. The number of terminal acetylenes is 1. The Morgan fingerprint density at radius 1 is 1.35 bits per heavy atom. The van der Waals surface area contributed by atoms with Crippen LogP contribution in [0, 0.1) is 12.3 Å². The van der Waals surface area contributed by atoms with Crippen LogP contribution in [0.4, 0.5) is 0 Å². The highest BCUT2D eigenvalue weighted by Gasteiger charge is 2.04. The molecule has 0 radical (unpaired) electrons. The fraction of sp³-hybridized carbons (Fsp3) is 0.429. The zero-order chi connectivity index (χ0) is 12.5. The van der Waals surface area contributed by atoms with Crippen molar-refractivity contribution in [1.82, 2.24) is 5.32 Å². The zero-order valence-corrected chi connectivity index (χ0v) is 10.5. The lowest BCUT2D eigenvalue weighted by atomic mass is 10.1. The molecule has 92 valence electrons. The second-order valence-electron chi connectivity index (χ2n) is 3.57. The van der Waals surface area contributed by atoms with E-state index >= 15 is 0 Å². The van der Waals surface area contributed by atoms with Crippen LogP contribution < -0.4 is 14.8 Å². The fourth-order valence-corrected chi connectivity index (χ4v) is 1.44. The predicted molar refractivity (Wildman–Crippen MR) is 69.6 cm³/mol. The normalized spacial score (nSPS) is 9.71. The Morgan fingerprint density at radius 2 is 2.18 bits per heavy atom. The van der Waals surface area contributed by atoms with Gasteiger partial charge in [0, 0.05) is 6.54 Å². The lowest BCUT2D eigenvalue weighted by Crippen LogP contribution is -2.21. The topological polar surface area (TPSA) is 30.5 Å². The summed E-state index contributed by atoms with van der Waals surface area (Å²) in [7, 11) is 1.65. The zero-order valence-electron chi connectivity index (χ0n) is 10.5. The minimum Gasteiger partial charge on any atom is -0.493 e. The molecule has 0 spiro atoms. The van der Waals surface area contributed by atoms with E-state index in [-0.39, 0.29) is 0 Å². The van der Waals surface area contributed by atoms with Crippen molar-refractivity contribution in [2.75, 3.05) is 26.8 Å². The molecular weight excluding hydrogens is 214 g/mol. The van der Waals surface area contributed by atoms with Gasteiger partial charge in [0.2, 0.25) is 0 Å². The molecule has 1 N–H and O–H groups in total. The molecule has 17 heavy (non-hydrogen) atoms. The van der Waals surface area contributed by atoms with E-state index in [2.05, 4.69) is 18.2 Å². The summed E-state index contributed by atoms with van der Waals surface area (Å²) in [5.41, 5.74) is 1.24. The van der Waals surface area contributed by atoms with Crippen molar-refractivity contribution in [1.29, 1.82) is 0 Å². The first kappa shape index (κ1) is 13.4. The van der Waals surface area contributed by atoms with Crippen LogP contribution in [0.25, 0.3) is 0 Å². The number of nitrogens with one attached hydrogen (secondary N) is 1. The predicted octanol–water partition coefficient (Wildman–Crippen LogP) is 1.86. The van der Waals surface area contributed by atoms with Gasteiger partial charge in [0.05, 0.1) is 13.7 Å². The lowest BCUT2D eigenvalue weighted by molar-refractivity contribution is 0.294. The van der Waals surface area contributed by atoms with Crippen LogP contribution in [0.2, 0.25) is 0 Å². The Bertz CT molecular complexity index is 382. The molecule has 0 aliphatic carbocycles. The second kappa shape index (κ2) is 7.59. The van der Waals surface area contributed by atoms with Gasteiger partial charge in [0.25, 0.3) is 0 Å². The molecule has 0 heterocycles. The highest BCUT2D eigenvalue weighted by molar-refractivity contribution is 5.42. The summed E-state index contributed by atoms with van der Waals surface area (Å²) in [5, 5.41) is 3.06. The van der Waals surface area contributed by atoms with Crippen LogP contribution in [0.15, 0.2) is 18.2 Å². The number of ether oxygens (including phenoxy) is 2. The average Bonchev–Trinajstić information content (AvgIpc) is 2.38. The number of hydrogen-bond acceptors (Lipinski definition) is 3. The summed E-state index contributed by atoms with van der Waals surface area (Å²) >= 11 is 0. The molecule has 0 bridgehead atoms. The van der Waals surface area contributed by atoms with Gasteiger partial charge in [-0.15, -0.1) is 6.42 Å². The molecule has 0 unspecified atom stereocenters. The highest BCUT2D eigenvalue weighted by atomic mass is 16.5. The van der Waals surface area contributed by atoms with Crippen LogP contribution in [-0.2, 0) is 6.42 Å². The molecule has 0 fully saturated rings. The number of rotatable bonds is 7. The maximum absolute atomic E-state index is 5.62. The van der Waals surface area contributed by atoms with E-state index in [9.17, 15) is 0 Å². The van der Waals surface area contributed by atoms with Gasteiger partial charge in [-0.05, 0) is 24.1 Å². The first-order valence-electron chi connectivity index (χ1n) is 5.75. The van der Waals surface area contributed by atoms with Crippen LogP contribution in [0.5, 0.6) is 11.5 Å². The van der Waals surface area contributed by atoms with E-state index in [1.165, 1.54) is 5.56 Å². The molecule has 0 amide bonds. The summed E-state index contributed by atoms with van der Waals surface area (Å²) in [4.78, 5) is 0. The summed E-state index contributed by atoms with van der Waals surface area (Å²) in [6.45, 7) is 3.97. The lowest BCUT2D eigenvalue weighted by Gasteiger charge is -2.11. The summed E-state index contributed by atoms with van der Waals surface area (Å²) in [6.07, 6.45) is 6.11. The third-order valence-corrected chi connectivity index (χ3v) is 2.40. The van der Waals surface area contributed by atoms with Crippen molar-refractivity contribution >= 4 is 0 Å².